The van der Waals surface area contributed by atoms with Crippen LogP contribution in [-0.4, -0.2) is 44.7 Å². The number of halogens is 1. The van der Waals surface area contributed by atoms with Crippen molar-refractivity contribution in [2.75, 3.05) is 12.3 Å². The molecule has 0 spiro atoms. The Morgan fingerprint density at radius 2 is 1.71 bits per heavy atom. The fourth-order valence-corrected chi connectivity index (χ4v) is 4.87. The number of nitrogens with one attached hydrogen (secondary N) is 1. The second-order valence-corrected chi connectivity index (χ2v) is 9.87. The average Bonchev–Trinajstić information content (AvgIpc) is 2.79. The van der Waals surface area contributed by atoms with Crippen LogP contribution in [0.4, 0.5) is 4.39 Å². The third kappa shape index (κ3) is 6.45. The predicted octanol–water partition coefficient (Wildman–Crippen LogP) is 4.62. The van der Waals surface area contributed by atoms with Gasteiger partial charge in [0.25, 0.3) is 5.56 Å². The highest BCUT2D eigenvalue weighted by molar-refractivity contribution is 7.99. The number of nitrogens with zero attached hydrogens (tertiary/aromatic N) is 3. The number of fused-ring (bicyclic) bond motifs is 1. The lowest BCUT2D eigenvalue weighted by Gasteiger charge is -2.30. The lowest BCUT2D eigenvalue weighted by molar-refractivity contribution is -0.119. The molecule has 1 amide bonds. The van der Waals surface area contributed by atoms with Crippen molar-refractivity contribution in [2.45, 2.75) is 64.4 Å². The molecule has 1 unspecified atom stereocenters. The van der Waals surface area contributed by atoms with Crippen LogP contribution in [0.15, 0.2) is 58.5 Å². The van der Waals surface area contributed by atoms with E-state index in [-0.39, 0.29) is 29.1 Å². The minimum Gasteiger partial charge on any atom is -0.349 e. The quantitative estimate of drug-likeness (QED) is 0.336. The first-order valence-corrected chi connectivity index (χ1v) is 12.6. The third-order valence-corrected chi connectivity index (χ3v) is 6.79. The molecule has 1 heterocycles. The summed E-state index contributed by atoms with van der Waals surface area (Å²) in [7, 11) is 0. The molecule has 0 fully saturated rings. The standard InChI is InChI=1S/C26H33FN4O2S/c1-17(2)30(18(3)4)14-15-31-25(33)22-8-6-7-9-23(22)29-26(31)34-16-24(32)28-19(5)20-10-12-21(27)13-11-20/h6-13,17-19H,14-16H2,1-5H3,(H,28,32). The Labute approximate surface area is 204 Å². The molecular formula is C26H33FN4O2S. The summed E-state index contributed by atoms with van der Waals surface area (Å²) >= 11 is 1.25. The van der Waals surface area contributed by atoms with Gasteiger partial charge in [0.1, 0.15) is 5.82 Å². The second kappa shape index (κ2) is 11.6. The molecule has 0 aliphatic carbocycles. The second-order valence-electron chi connectivity index (χ2n) is 8.92. The van der Waals surface area contributed by atoms with E-state index in [2.05, 4.69) is 37.9 Å². The molecule has 8 heteroatoms. The van der Waals surface area contributed by atoms with E-state index < -0.39 is 0 Å². The minimum absolute atomic E-state index is 0.0966. The number of thioether (sulfide) groups is 1. The van der Waals surface area contributed by atoms with Crippen LogP contribution in [0.2, 0.25) is 0 Å². The molecule has 0 bridgehead atoms. The van der Waals surface area contributed by atoms with Crippen LogP contribution in [0, 0.1) is 5.82 Å². The maximum absolute atomic E-state index is 13.3. The van der Waals surface area contributed by atoms with Gasteiger partial charge in [-0.3, -0.25) is 19.1 Å². The lowest BCUT2D eigenvalue weighted by atomic mass is 10.1. The first-order chi connectivity index (χ1) is 16.2. The van der Waals surface area contributed by atoms with E-state index in [0.29, 0.717) is 41.2 Å². The molecule has 1 N–H and O–H groups in total. The van der Waals surface area contributed by atoms with E-state index in [9.17, 15) is 14.0 Å². The molecular weight excluding hydrogens is 451 g/mol. The van der Waals surface area contributed by atoms with E-state index in [1.165, 1.54) is 23.9 Å². The van der Waals surface area contributed by atoms with Crippen LogP contribution in [0.5, 0.6) is 0 Å². The number of carbonyl (C=O) groups is 1. The van der Waals surface area contributed by atoms with Crippen LogP contribution in [0.1, 0.15) is 46.2 Å². The van der Waals surface area contributed by atoms with Gasteiger partial charge in [0.05, 0.1) is 22.7 Å². The summed E-state index contributed by atoms with van der Waals surface area (Å²) in [4.78, 5) is 33.0. The number of rotatable bonds is 10. The van der Waals surface area contributed by atoms with Crippen molar-refractivity contribution in [2.24, 2.45) is 0 Å². The lowest BCUT2D eigenvalue weighted by Crippen LogP contribution is -2.40. The molecule has 1 aromatic heterocycles. The highest BCUT2D eigenvalue weighted by Gasteiger charge is 2.18. The van der Waals surface area contributed by atoms with Gasteiger partial charge < -0.3 is 5.32 Å². The van der Waals surface area contributed by atoms with Gasteiger partial charge in [-0.25, -0.2) is 9.37 Å². The Morgan fingerprint density at radius 1 is 1.06 bits per heavy atom. The summed E-state index contributed by atoms with van der Waals surface area (Å²) in [5, 5.41) is 4.03. The summed E-state index contributed by atoms with van der Waals surface area (Å²) in [6.45, 7) is 11.6. The fourth-order valence-electron chi connectivity index (χ4n) is 4.03. The van der Waals surface area contributed by atoms with Crippen molar-refractivity contribution < 1.29 is 9.18 Å². The molecule has 0 radical (unpaired) electrons. The minimum atomic E-state index is -0.313. The van der Waals surface area contributed by atoms with E-state index >= 15 is 0 Å². The predicted molar refractivity (Wildman–Crippen MR) is 137 cm³/mol. The highest BCUT2D eigenvalue weighted by atomic mass is 32.2. The maximum Gasteiger partial charge on any atom is 0.262 e. The number of carbonyl (C=O) groups excluding carboxylic acids is 1. The van der Waals surface area contributed by atoms with Gasteiger partial charge in [-0.2, -0.15) is 0 Å². The van der Waals surface area contributed by atoms with Crippen LogP contribution in [0.25, 0.3) is 10.9 Å². The van der Waals surface area contributed by atoms with Gasteiger partial charge in [-0.1, -0.05) is 36.0 Å². The van der Waals surface area contributed by atoms with Crippen molar-refractivity contribution in [3.8, 4) is 0 Å². The molecule has 182 valence electrons. The smallest absolute Gasteiger partial charge is 0.262 e. The van der Waals surface area contributed by atoms with Gasteiger partial charge in [0, 0.05) is 25.2 Å². The fraction of sp³-hybridized carbons (Fsp3) is 0.423. The van der Waals surface area contributed by atoms with Crippen molar-refractivity contribution in [3.63, 3.8) is 0 Å². The number of hydrogen-bond donors (Lipinski definition) is 1. The topological polar surface area (TPSA) is 67.2 Å². The van der Waals surface area contributed by atoms with E-state index in [1.807, 2.05) is 25.1 Å². The van der Waals surface area contributed by atoms with Crippen molar-refractivity contribution in [1.29, 1.82) is 0 Å². The van der Waals surface area contributed by atoms with Crippen molar-refractivity contribution in [3.05, 3.63) is 70.3 Å². The van der Waals surface area contributed by atoms with E-state index in [1.54, 1.807) is 22.8 Å². The third-order valence-electron chi connectivity index (χ3n) is 5.81. The Kier molecular flexibility index (Phi) is 8.85. The number of amides is 1. The summed E-state index contributed by atoms with van der Waals surface area (Å²) in [5.74, 6) is -0.373. The Bertz CT molecular complexity index is 1170. The zero-order chi connectivity index (χ0) is 24.8. The number of hydrogen-bond acceptors (Lipinski definition) is 5. The normalized spacial score (nSPS) is 12.6. The molecule has 0 saturated heterocycles. The molecule has 6 nitrogen and oxygen atoms in total. The summed E-state index contributed by atoms with van der Waals surface area (Å²) < 4.78 is 14.9. The van der Waals surface area contributed by atoms with Gasteiger partial charge in [-0.15, -0.1) is 0 Å². The van der Waals surface area contributed by atoms with Gasteiger partial charge >= 0.3 is 0 Å². The molecule has 0 saturated carbocycles. The zero-order valence-corrected chi connectivity index (χ0v) is 21.2. The zero-order valence-electron chi connectivity index (χ0n) is 20.4. The van der Waals surface area contributed by atoms with E-state index in [0.717, 1.165) is 5.56 Å². The number of aromatic nitrogens is 2. The monoisotopic (exact) mass is 484 g/mol. The Morgan fingerprint density at radius 3 is 2.35 bits per heavy atom. The molecule has 34 heavy (non-hydrogen) atoms. The van der Waals surface area contributed by atoms with Crippen LogP contribution >= 0.6 is 11.8 Å². The molecule has 3 aromatic rings. The van der Waals surface area contributed by atoms with Gasteiger partial charge in [0.2, 0.25) is 5.91 Å². The number of para-hydroxylation sites is 1. The summed E-state index contributed by atoms with van der Waals surface area (Å²) in [6, 6.07) is 13.8. The van der Waals surface area contributed by atoms with Gasteiger partial charge in [0.15, 0.2) is 5.16 Å². The average molecular weight is 485 g/mol. The molecule has 0 aliphatic heterocycles. The molecule has 2 aromatic carbocycles. The Balaban J connectivity index is 1.78. The maximum atomic E-state index is 13.3. The van der Waals surface area contributed by atoms with Crippen LogP contribution in [0.3, 0.4) is 0 Å². The largest absolute Gasteiger partial charge is 0.349 e. The van der Waals surface area contributed by atoms with Crippen molar-refractivity contribution in [1.82, 2.24) is 19.8 Å². The van der Waals surface area contributed by atoms with Crippen LogP contribution < -0.4 is 10.9 Å². The summed E-state index contributed by atoms with van der Waals surface area (Å²) in [5.41, 5.74) is 1.35. The SMILES string of the molecule is CC(NC(=O)CSc1nc2ccccc2c(=O)n1CCN(C(C)C)C(C)C)c1ccc(F)cc1. The number of benzene rings is 2. The highest BCUT2D eigenvalue weighted by Crippen LogP contribution is 2.19. The van der Waals surface area contributed by atoms with Crippen LogP contribution in [-0.2, 0) is 11.3 Å². The van der Waals surface area contributed by atoms with Crippen molar-refractivity contribution >= 4 is 28.6 Å². The molecule has 0 aliphatic rings. The van der Waals surface area contributed by atoms with Gasteiger partial charge in [-0.05, 0) is 64.4 Å². The first-order valence-electron chi connectivity index (χ1n) is 11.6. The summed E-state index contributed by atoms with van der Waals surface area (Å²) in [6.07, 6.45) is 0. The molecule has 3 rings (SSSR count). The molecule has 1 atom stereocenters. The Hall–Kier alpha value is -2.71. The first kappa shape index (κ1) is 25.9. The van der Waals surface area contributed by atoms with E-state index in [4.69, 9.17) is 4.98 Å².